The summed E-state index contributed by atoms with van der Waals surface area (Å²) in [5, 5.41) is 0. The molecule has 0 N–H and O–H groups in total. The maximum absolute atomic E-state index is 14.9. The van der Waals surface area contributed by atoms with Crippen molar-refractivity contribution in [3.05, 3.63) is 114 Å². The number of benzene rings is 3. The van der Waals surface area contributed by atoms with Crippen LogP contribution in [0, 0.1) is 11.6 Å². The molecule has 0 aliphatic heterocycles. The predicted octanol–water partition coefficient (Wildman–Crippen LogP) is 6.48. The topological polar surface area (TPSA) is 105 Å². The molecule has 0 spiro atoms. The van der Waals surface area contributed by atoms with E-state index < -0.39 is 35.5 Å². The molecule has 0 saturated carbocycles. The number of carbonyl (C=O) groups is 4. The lowest BCUT2D eigenvalue weighted by atomic mass is 10.0. The Hall–Kier alpha value is -5.38. The van der Waals surface area contributed by atoms with Gasteiger partial charge in [0.2, 0.25) is 0 Å². The highest BCUT2D eigenvalue weighted by Crippen LogP contribution is 2.31. The minimum Gasteiger partial charge on any atom is -0.462 e. The van der Waals surface area contributed by atoms with E-state index in [2.05, 4.69) is 19.7 Å². The zero-order valence-electron chi connectivity index (χ0n) is 23.8. The van der Waals surface area contributed by atoms with Gasteiger partial charge in [-0.1, -0.05) is 31.9 Å². The van der Waals surface area contributed by atoms with Gasteiger partial charge in [0.1, 0.15) is 17.4 Å². The van der Waals surface area contributed by atoms with Crippen LogP contribution in [0.2, 0.25) is 0 Å². The van der Waals surface area contributed by atoms with Crippen LogP contribution in [0.15, 0.2) is 91.1 Å². The molecule has 0 aromatic heterocycles. The van der Waals surface area contributed by atoms with Crippen molar-refractivity contribution in [2.24, 2.45) is 0 Å². The lowest BCUT2D eigenvalue weighted by molar-refractivity contribution is -0.132. The first-order valence-electron chi connectivity index (χ1n) is 12.8. The Morgan fingerprint density at radius 2 is 1.28 bits per heavy atom. The first-order chi connectivity index (χ1) is 20.3. The number of halogens is 2. The molecule has 0 bridgehead atoms. The minimum absolute atomic E-state index is 0.00192. The average molecular weight is 591 g/mol. The van der Waals surface area contributed by atoms with Crippen LogP contribution in [-0.2, 0) is 25.5 Å². The summed E-state index contributed by atoms with van der Waals surface area (Å²) in [6.07, 6.45) is 0.00192. The maximum atomic E-state index is 14.9. The largest absolute Gasteiger partial charge is 0.462 e. The van der Waals surface area contributed by atoms with Gasteiger partial charge < -0.3 is 18.9 Å². The Labute approximate surface area is 246 Å². The van der Waals surface area contributed by atoms with E-state index in [1.165, 1.54) is 63.2 Å². The highest BCUT2D eigenvalue weighted by molar-refractivity contribution is 5.93. The minimum atomic E-state index is -0.808. The summed E-state index contributed by atoms with van der Waals surface area (Å²) >= 11 is 0. The number of rotatable bonds is 11. The third kappa shape index (κ3) is 8.56. The fourth-order valence-corrected chi connectivity index (χ4v) is 3.42. The van der Waals surface area contributed by atoms with Crippen molar-refractivity contribution in [2.75, 3.05) is 6.61 Å². The number of esters is 4. The Morgan fingerprint density at radius 3 is 1.86 bits per heavy atom. The standard InChI is InChI=1S/C33H28F2O8/c1-18(2)30(36)41-24-10-11-25(27(35)17-24)22-8-7-21(26(34)15-22)13-14-40-33(39)23-9-12-28(42-31(37)19(3)4)29(16-23)43-32(38)20(5)6/h7-12,15-17H,1,3,5,13-14H2,2,4,6H3. The number of carbonyl (C=O) groups excluding carboxylic acids is 4. The summed E-state index contributed by atoms with van der Waals surface area (Å²) < 4.78 is 50.2. The first kappa shape index (κ1) is 32.1. The van der Waals surface area contributed by atoms with E-state index in [0.717, 1.165) is 12.1 Å². The molecule has 0 heterocycles. The molecule has 0 amide bonds. The summed E-state index contributed by atoms with van der Waals surface area (Å²) in [7, 11) is 0. The van der Waals surface area contributed by atoms with Gasteiger partial charge in [0.25, 0.3) is 0 Å². The SMILES string of the molecule is C=C(C)C(=O)Oc1ccc(-c2ccc(CCOC(=O)c3ccc(OC(=O)C(=C)C)c(OC(=O)C(=C)C)c3)c(F)c2)c(F)c1. The van der Waals surface area contributed by atoms with Crippen LogP contribution in [0.4, 0.5) is 8.78 Å². The van der Waals surface area contributed by atoms with Crippen LogP contribution in [-0.4, -0.2) is 30.5 Å². The number of hydrogen-bond acceptors (Lipinski definition) is 8. The van der Waals surface area contributed by atoms with Crippen molar-refractivity contribution < 1.29 is 46.9 Å². The number of hydrogen-bond donors (Lipinski definition) is 0. The van der Waals surface area contributed by atoms with Gasteiger partial charge in [-0.25, -0.2) is 28.0 Å². The van der Waals surface area contributed by atoms with Gasteiger partial charge in [0.15, 0.2) is 11.5 Å². The van der Waals surface area contributed by atoms with Crippen LogP contribution in [0.3, 0.4) is 0 Å². The molecule has 10 heteroatoms. The second kappa shape index (κ2) is 14.0. The molecule has 8 nitrogen and oxygen atoms in total. The van der Waals surface area contributed by atoms with Crippen molar-refractivity contribution in [3.8, 4) is 28.4 Å². The van der Waals surface area contributed by atoms with Gasteiger partial charge in [-0.15, -0.1) is 0 Å². The monoisotopic (exact) mass is 590 g/mol. The van der Waals surface area contributed by atoms with Gasteiger partial charge in [0, 0.05) is 34.8 Å². The third-order valence-electron chi connectivity index (χ3n) is 5.75. The van der Waals surface area contributed by atoms with Crippen LogP contribution in [0.25, 0.3) is 11.1 Å². The van der Waals surface area contributed by atoms with Gasteiger partial charge in [-0.2, -0.15) is 0 Å². The predicted molar refractivity (Wildman–Crippen MR) is 154 cm³/mol. The van der Waals surface area contributed by atoms with E-state index in [1.807, 2.05) is 0 Å². The normalized spacial score (nSPS) is 10.3. The molecular formula is C33H28F2O8. The van der Waals surface area contributed by atoms with Gasteiger partial charge in [-0.3, -0.25) is 0 Å². The highest BCUT2D eigenvalue weighted by Gasteiger charge is 2.19. The third-order valence-corrected chi connectivity index (χ3v) is 5.75. The van der Waals surface area contributed by atoms with Crippen molar-refractivity contribution in [3.63, 3.8) is 0 Å². The van der Waals surface area contributed by atoms with Crippen molar-refractivity contribution in [1.29, 1.82) is 0 Å². The molecule has 0 unspecified atom stereocenters. The second-order valence-corrected chi connectivity index (χ2v) is 9.50. The van der Waals surface area contributed by atoms with Crippen LogP contribution in [0.5, 0.6) is 17.2 Å². The summed E-state index contributed by atoms with van der Waals surface area (Å²) in [6, 6.07) is 11.6. The van der Waals surface area contributed by atoms with E-state index in [-0.39, 0.29) is 69.2 Å². The highest BCUT2D eigenvalue weighted by atomic mass is 19.1. The Kier molecular flexibility index (Phi) is 10.5. The molecule has 222 valence electrons. The van der Waals surface area contributed by atoms with Gasteiger partial charge >= 0.3 is 23.9 Å². The summed E-state index contributed by atoms with van der Waals surface area (Å²) in [6.45, 7) is 14.6. The van der Waals surface area contributed by atoms with E-state index in [1.54, 1.807) is 0 Å². The Balaban J connectivity index is 1.68. The Bertz CT molecular complexity index is 1650. The summed E-state index contributed by atoms with van der Waals surface area (Å²) in [4.78, 5) is 48.3. The van der Waals surface area contributed by atoms with E-state index in [0.29, 0.717) is 0 Å². The Morgan fingerprint density at radius 1 is 0.674 bits per heavy atom. The van der Waals surface area contributed by atoms with Crippen molar-refractivity contribution >= 4 is 23.9 Å². The molecular weight excluding hydrogens is 562 g/mol. The molecule has 3 aromatic rings. The fourth-order valence-electron chi connectivity index (χ4n) is 3.42. The molecule has 0 radical (unpaired) electrons. The van der Waals surface area contributed by atoms with Crippen LogP contribution < -0.4 is 14.2 Å². The lowest BCUT2D eigenvalue weighted by Crippen LogP contribution is -2.14. The van der Waals surface area contributed by atoms with E-state index in [9.17, 15) is 28.0 Å². The van der Waals surface area contributed by atoms with Crippen molar-refractivity contribution in [1.82, 2.24) is 0 Å². The van der Waals surface area contributed by atoms with Crippen molar-refractivity contribution in [2.45, 2.75) is 27.2 Å². The van der Waals surface area contributed by atoms with E-state index >= 15 is 0 Å². The fraction of sp³-hybridized carbons (Fsp3) is 0.152. The molecule has 3 aromatic carbocycles. The smallest absolute Gasteiger partial charge is 0.338 e. The van der Waals surface area contributed by atoms with Gasteiger partial charge in [-0.05, 0) is 68.3 Å². The molecule has 0 aliphatic carbocycles. The maximum Gasteiger partial charge on any atom is 0.338 e. The molecule has 0 aliphatic rings. The van der Waals surface area contributed by atoms with Crippen LogP contribution >= 0.6 is 0 Å². The van der Waals surface area contributed by atoms with Crippen LogP contribution in [0.1, 0.15) is 36.7 Å². The number of ether oxygens (including phenoxy) is 4. The van der Waals surface area contributed by atoms with E-state index in [4.69, 9.17) is 18.9 Å². The zero-order chi connectivity index (χ0) is 31.8. The summed E-state index contributed by atoms with van der Waals surface area (Å²) in [5.41, 5.74) is 0.851. The molecule has 43 heavy (non-hydrogen) atoms. The second-order valence-electron chi connectivity index (χ2n) is 9.50. The molecule has 0 saturated heterocycles. The summed E-state index contributed by atoms with van der Waals surface area (Å²) in [5.74, 6) is -4.80. The molecule has 3 rings (SSSR count). The molecule has 0 fully saturated rings. The first-order valence-corrected chi connectivity index (χ1v) is 12.8. The lowest BCUT2D eigenvalue weighted by Gasteiger charge is -2.12. The zero-order valence-corrected chi connectivity index (χ0v) is 23.8. The molecule has 0 atom stereocenters. The van der Waals surface area contributed by atoms with Gasteiger partial charge in [0.05, 0.1) is 12.2 Å². The quantitative estimate of drug-likeness (QED) is 0.142. The average Bonchev–Trinajstić information content (AvgIpc) is 2.94.